The van der Waals surface area contributed by atoms with Crippen LogP contribution in [0, 0.1) is 5.41 Å². The Hall–Kier alpha value is -1.51. The van der Waals surface area contributed by atoms with Crippen molar-refractivity contribution >= 4 is 16.6 Å². The summed E-state index contributed by atoms with van der Waals surface area (Å²) in [4.78, 5) is 0. The van der Waals surface area contributed by atoms with Crippen LogP contribution >= 0.6 is 0 Å². The molecule has 0 saturated heterocycles. The minimum absolute atomic E-state index is 0.370. The molecule has 3 heteroatoms. The lowest BCUT2D eigenvalue weighted by Gasteiger charge is -2.18. The smallest absolute Gasteiger partial charge is 0.0881 e. The van der Waals surface area contributed by atoms with Crippen LogP contribution in [0.25, 0.3) is 10.9 Å². The van der Waals surface area contributed by atoms with Gasteiger partial charge in [0, 0.05) is 11.9 Å². The SMILES string of the molecule is CC(C)(C)CCNc1cccc2cn[nH]c12. The molecule has 0 spiro atoms. The Morgan fingerprint density at radius 1 is 1.31 bits per heavy atom. The second kappa shape index (κ2) is 4.16. The molecule has 0 aliphatic rings. The summed E-state index contributed by atoms with van der Waals surface area (Å²) < 4.78 is 0. The maximum Gasteiger partial charge on any atom is 0.0881 e. The van der Waals surface area contributed by atoms with E-state index < -0.39 is 0 Å². The maximum atomic E-state index is 4.05. The maximum absolute atomic E-state index is 4.05. The predicted molar refractivity (Wildman–Crippen MR) is 68.7 cm³/mol. The largest absolute Gasteiger partial charge is 0.383 e. The molecule has 16 heavy (non-hydrogen) atoms. The van der Waals surface area contributed by atoms with Crippen LogP contribution in [0.3, 0.4) is 0 Å². The van der Waals surface area contributed by atoms with Crippen LogP contribution in [0.2, 0.25) is 0 Å². The summed E-state index contributed by atoms with van der Waals surface area (Å²) in [5.74, 6) is 0. The second-order valence-electron chi connectivity index (χ2n) is 5.38. The molecule has 0 bridgehead atoms. The van der Waals surface area contributed by atoms with Crippen LogP contribution in [-0.2, 0) is 0 Å². The van der Waals surface area contributed by atoms with Gasteiger partial charge in [-0.25, -0.2) is 0 Å². The van der Waals surface area contributed by atoms with E-state index in [-0.39, 0.29) is 0 Å². The van der Waals surface area contributed by atoms with Crippen LogP contribution in [0.15, 0.2) is 24.4 Å². The van der Waals surface area contributed by atoms with E-state index in [0.717, 1.165) is 29.6 Å². The number of hydrogen-bond donors (Lipinski definition) is 2. The van der Waals surface area contributed by atoms with Crippen LogP contribution in [0.4, 0.5) is 5.69 Å². The van der Waals surface area contributed by atoms with Gasteiger partial charge in [0.25, 0.3) is 0 Å². The van der Waals surface area contributed by atoms with E-state index >= 15 is 0 Å². The molecule has 0 aliphatic carbocycles. The zero-order valence-electron chi connectivity index (χ0n) is 10.2. The molecule has 2 N–H and O–H groups in total. The number of anilines is 1. The average Bonchev–Trinajstić information content (AvgIpc) is 2.64. The van der Waals surface area contributed by atoms with E-state index in [1.807, 2.05) is 6.20 Å². The molecule has 3 nitrogen and oxygen atoms in total. The Kier molecular flexibility index (Phi) is 2.86. The van der Waals surface area contributed by atoms with Gasteiger partial charge in [0.2, 0.25) is 0 Å². The quantitative estimate of drug-likeness (QED) is 0.827. The standard InChI is InChI=1S/C13H19N3/c1-13(2,3)7-8-14-11-6-4-5-10-9-15-16-12(10)11/h4-6,9,14H,7-8H2,1-3H3,(H,15,16). The van der Waals surface area contributed by atoms with Gasteiger partial charge in [-0.05, 0) is 17.9 Å². The van der Waals surface area contributed by atoms with Gasteiger partial charge in [-0.15, -0.1) is 0 Å². The number of nitrogens with one attached hydrogen (secondary N) is 2. The first kappa shape index (κ1) is 11.0. The van der Waals surface area contributed by atoms with Crippen molar-refractivity contribution in [1.82, 2.24) is 10.2 Å². The van der Waals surface area contributed by atoms with Crippen LogP contribution in [0.1, 0.15) is 27.2 Å². The van der Waals surface area contributed by atoms with Crippen molar-refractivity contribution in [2.45, 2.75) is 27.2 Å². The summed E-state index contributed by atoms with van der Waals surface area (Å²) in [6.45, 7) is 7.75. The van der Waals surface area contributed by atoms with E-state index in [1.54, 1.807) is 0 Å². The van der Waals surface area contributed by atoms with Crippen molar-refractivity contribution in [3.63, 3.8) is 0 Å². The van der Waals surface area contributed by atoms with Crippen molar-refractivity contribution in [3.05, 3.63) is 24.4 Å². The Bertz CT molecular complexity index is 465. The second-order valence-corrected chi connectivity index (χ2v) is 5.38. The fraction of sp³-hybridized carbons (Fsp3) is 0.462. The molecule has 0 fully saturated rings. The molecular weight excluding hydrogens is 198 g/mol. The van der Waals surface area contributed by atoms with Gasteiger partial charge < -0.3 is 5.32 Å². The molecule has 86 valence electrons. The van der Waals surface area contributed by atoms with Crippen molar-refractivity contribution in [2.24, 2.45) is 5.41 Å². The van der Waals surface area contributed by atoms with Gasteiger partial charge >= 0.3 is 0 Å². The normalized spacial score (nSPS) is 11.9. The molecule has 1 aromatic heterocycles. The molecule has 0 atom stereocenters. The van der Waals surface area contributed by atoms with Crippen LogP contribution < -0.4 is 5.32 Å². The van der Waals surface area contributed by atoms with Gasteiger partial charge in [0.05, 0.1) is 17.4 Å². The lowest BCUT2D eigenvalue weighted by molar-refractivity contribution is 0.390. The number of aromatic amines is 1. The van der Waals surface area contributed by atoms with Crippen molar-refractivity contribution < 1.29 is 0 Å². The first-order chi connectivity index (χ1) is 7.56. The molecular formula is C13H19N3. The topological polar surface area (TPSA) is 40.7 Å². The molecule has 1 heterocycles. The predicted octanol–water partition coefficient (Wildman–Crippen LogP) is 3.41. The molecule has 0 amide bonds. The molecule has 2 rings (SSSR count). The van der Waals surface area contributed by atoms with Crippen molar-refractivity contribution in [1.29, 1.82) is 0 Å². The van der Waals surface area contributed by atoms with Crippen LogP contribution in [-0.4, -0.2) is 16.7 Å². The number of H-pyrrole nitrogens is 1. The number of rotatable bonds is 3. The Morgan fingerprint density at radius 3 is 2.88 bits per heavy atom. The molecule has 1 aromatic carbocycles. The summed E-state index contributed by atoms with van der Waals surface area (Å²) in [7, 11) is 0. The van der Waals surface area contributed by atoms with Crippen LogP contribution in [0.5, 0.6) is 0 Å². The fourth-order valence-corrected chi connectivity index (χ4v) is 1.69. The highest BCUT2D eigenvalue weighted by Crippen LogP contribution is 2.22. The Balaban J connectivity index is 2.07. The minimum atomic E-state index is 0.370. The van der Waals surface area contributed by atoms with Gasteiger partial charge in [0.15, 0.2) is 0 Å². The third kappa shape index (κ3) is 2.54. The number of hydrogen-bond acceptors (Lipinski definition) is 2. The zero-order valence-corrected chi connectivity index (χ0v) is 10.2. The van der Waals surface area contributed by atoms with Gasteiger partial charge in [-0.2, -0.15) is 5.10 Å². The van der Waals surface area contributed by atoms with Crippen molar-refractivity contribution in [3.8, 4) is 0 Å². The highest BCUT2D eigenvalue weighted by Gasteiger charge is 2.09. The monoisotopic (exact) mass is 217 g/mol. The number of fused-ring (bicyclic) bond motifs is 1. The molecule has 0 aliphatic heterocycles. The Morgan fingerprint density at radius 2 is 2.12 bits per heavy atom. The first-order valence-corrected chi connectivity index (χ1v) is 5.72. The molecule has 2 aromatic rings. The zero-order chi connectivity index (χ0) is 11.6. The third-order valence-corrected chi connectivity index (χ3v) is 2.67. The number of nitrogens with zero attached hydrogens (tertiary/aromatic N) is 1. The summed E-state index contributed by atoms with van der Waals surface area (Å²) in [5.41, 5.74) is 2.60. The minimum Gasteiger partial charge on any atom is -0.383 e. The van der Waals surface area contributed by atoms with E-state index in [1.165, 1.54) is 0 Å². The first-order valence-electron chi connectivity index (χ1n) is 5.72. The summed E-state index contributed by atoms with van der Waals surface area (Å²) in [5, 5.41) is 11.7. The lowest BCUT2D eigenvalue weighted by atomic mass is 9.92. The highest BCUT2D eigenvalue weighted by molar-refractivity contribution is 5.89. The van der Waals surface area contributed by atoms with Gasteiger partial charge in [-0.1, -0.05) is 32.9 Å². The van der Waals surface area contributed by atoms with Gasteiger partial charge in [0.1, 0.15) is 0 Å². The fourth-order valence-electron chi connectivity index (χ4n) is 1.69. The van der Waals surface area contributed by atoms with E-state index in [0.29, 0.717) is 5.41 Å². The Labute approximate surface area is 96.2 Å². The lowest BCUT2D eigenvalue weighted by Crippen LogP contribution is -2.12. The van der Waals surface area contributed by atoms with Gasteiger partial charge in [-0.3, -0.25) is 5.10 Å². The number of aromatic nitrogens is 2. The molecule has 0 saturated carbocycles. The summed E-state index contributed by atoms with van der Waals surface area (Å²) in [6, 6.07) is 6.20. The molecule has 0 radical (unpaired) electrons. The highest BCUT2D eigenvalue weighted by atomic mass is 15.1. The number of para-hydroxylation sites is 1. The van der Waals surface area contributed by atoms with E-state index in [4.69, 9.17) is 0 Å². The summed E-state index contributed by atoms with van der Waals surface area (Å²) >= 11 is 0. The van der Waals surface area contributed by atoms with E-state index in [2.05, 4.69) is 54.5 Å². The third-order valence-electron chi connectivity index (χ3n) is 2.67. The van der Waals surface area contributed by atoms with Crippen molar-refractivity contribution in [2.75, 3.05) is 11.9 Å². The number of benzene rings is 1. The summed E-state index contributed by atoms with van der Waals surface area (Å²) in [6.07, 6.45) is 3.00. The average molecular weight is 217 g/mol. The van der Waals surface area contributed by atoms with E-state index in [9.17, 15) is 0 Å². The molecule has 0 unspecified atom stereocenters.